The topological polar surface area (TPSA) is 26.3 Å². The fraction of sp³-hybridized carbons (Fsp3) is 0.462. The van der Waals surface area contributed by atoms with E-state index in [2.05, 4.69) is 0 Å². The molecule has 0 bridgehead atoms. The number of aldehydes is 1. The lowest BCUT2D eigenvalue weighted by atomic mass is 10.1. The SMILES string of the molecule is Cc1ccc(C=O)cc1OC1CCCC1. The van der Waals surface area contributed by atoms with Crippen LogP contribution >= 0.6 is 0 Å². The predicted octanol–water partition coefficient (Wildman–Crippen LogP) is 3.13. The first-order valence-corrected chi connectivity index (χ1v) is 5.52. The van der Waals surface area contributed by atoms with Gasteiger partial charge < -0.3 is 4.74 Å². The smallest absolute Gasteiger partial charge is 0.150 e. The molecule has 2 rings (SSSR count). The first-order chi connectivity index (χ1) is 7.29. The Morgan fingerprint density at radius 1 is 1.33 bits per heavy atom. The normalized spacial score (nSPS) is 16.6. The van der Waals surface area contributed by atoms with E-state index in [0.717, 1.165) is 30.4 Å². The number of rotatable bonds is 3. The third-order valence-electron chi connectivity index (χ3n) is 2.94. The van der Waals surface area contributed by atoms with Crippen LogP contribution in [-0.4, -0.2) is 12.4 Å². The molecule has 1 aliphatic carbocycles. The predicted molar refractivity (Wildman–Crippen MR) is 59.5 cm³/mol. The van der Waals surface area contributed by atoms with Crippen molar-refractivity contribution in [1.82, 2.24) is 0 Å². The van der Waals surface area contributed by atoms with Crippen molar-refractivity contribution in [2.24, 2.45) is 0 Å². The summed E-state index contributed by atoms with van der Waals surface area (Å²) in [7, 11) is 0. The van der Waals surface area contributed by atoms with Crippen LogP contribution in [0.3, 0.4) is 0 Å². The summed E-state index contributed by atoms with van der Waals surface area (Å²) in [5, 5.41) is 0. The Balaban J connectivity index is 2.14. The maximum absolute atomic E-state index is 10.7. The molecule has 1 aliphatic rings. The highest BCUT2D eigenvalue weighted by Gasteiger charge is 2.17. The molecule has 1 aromatic rings. The van der Waals surface area contributed by atoms with E-state index in [0.29, 0.717) is 11.7 Å². The van der Waals surface area contributed by atoms with Gasteiger partial charge in [0.2, 0.25) is 0 Å². The minimum Gasteiger partial charge on any atom is -0.490 e. The second-order valence-electron chi connectivity index (χ2n) is 4.17. The zero-order valence-corrected chi connectivity index (χ0v) is 9.03. The number of ether oxygens (including phenoxy) is 1. The first-order valence-electron chi connectivity index (χ1n) is 5.52. The molecule has 2 nitrogen and oxygen atoms in total. The fourth-order valence-corrected chi connectivity index (χ4v) is 2.00. The van der Waals surface area contributed by atoms with E-state index in [4.69, 9.17) is 4.74 Å². The molecule has 1 fully saturated rings. The molecule has 0 aliphatic heterocycles. The Kier molecular flexibility index (Phi) is 3.05. The molecule has 0 radical (unpaired) electrons. The van der Waals surface area contributed by atoms with E-state index in [1.54, 1.807) is 0 Å². The van der Waals surface area contributed by atoms with Gasteiger partial charge in [-0.3, -0.25) is 4.79 Å². The van der Waals surface area contributed by atoms with Crippen LogP contribution in [0.5, 0.6) is 5.75 Å². The molecule has 80 valence electrons. The number of aryl methyl sites for hydroxylation is 1. The van der Waals surface area contributed by atoms with E-state index >= 15 is 0 Å². The molecule has 0 unspecified atom stereocenters. The number of hydrogen-bond acceptors (Lipinski definition) is 2. The summed E-state index contributed by atoms with van der Waals surface area (Å²) in [6, 6.07) is 5.60. The Morgan fingerprint density at radius 3 is 2.73 bits per heavy atom. The van der Waals surface area contributed by atoms with Crippen LogP contribution in [0.25, 0.3) is 0 Å². The highest BCUT2D eigenvalue weighted by Crippen LogP contribution is 2.26. The number of hydrogen-bond donors (Lipinski definition) is 0. The summed E-state index contributed by atoms with van der Waals surface area (Å²) < 4.78 is 5.89. The lowest BCUT2D eigenvalue weighted by Crippen LogP contribution is -2.11. The van der Waals surface area contributed by atoms with E-state index < -0.39 is 0 Å². The van der Waals surface area contributed by atoms with Gasteiger partial charge in [-0.15, -0.1) is 0 Å². The van der Waals surface area contributed by atoms with Gasteiger partial charge in [0.15, 0.2) is 0 Å². The molecule has 0 spiro atoms. The maximum Gasteiger partial charge on any atom is 0.150 e. The zero-order valence-electron chi connectivity index (χ0n) is 9.03. The van der Waals surface area contributed by atoms with Gasteiger partial charge in [-0.1, -0.05) is 12.1 Å². The van der Waals surface area contributed by atoms with Crippen LogP contribution in [0.1, 0.15) is 41.6 Å². The molecule has 0 heterocycles. The van der Waals surface area contributed by atoms with Gasteiger partial charge in [-0.05, 0) is 44.2 Å². The van der Waals surface area contributed by atoms with Gasteiger partial charge in [-0.2, -0.15) is 0 Å². The van der Waals surface area contributed by atoms with E-state index in [9.17, 15) is 4.79 Å². The molecule has 15 heavy (non-hydrogen) atoms. The Labute approximate surface area is 90.3 Å². The van der Waals surface area contributed by atoms with Crippen molar-refractivity contribution in [3.63, 3.8) is 0 Å². The highest BCUT2D eigenvalue weighted by atomic mass is 16.5. The van der Waals surface area contributed by atoms with Crippen molar-refractivity contribution in [1.29, 1.82) is 0 Å². The van der Waals surface area contributed by atoms with Crippen molar-refractivity contribution in [2.75, 3.05) is 0 Å². The molecular formula is C13H16O2. The van der Waals surface area contributed by atoms with Crippen LogP contribution in [-0.2, 0) is 0 Å². The highest BCUT2D eigenvalue weighted by molar-refractivity contribution is 5.75. The Bertz CT molecular complexity index is 352. The van der Waals surface area contributed by atoms with E-state index in [1.165, 1.54) is 12.8 Å². The number of benzene rings is 1. The third-order valence-corrected chi connectivity index (χ3v) is 2.94. The van der Waals surface area contributed by atoms with Crippen LogP contribution in [0.4, 0.5) is 0 Å². The second kappa shape index (κ2) is 4.47. The van der Waals surface area contributed by atoms with Crippen molar-refractivity contribution >= 4 is 6.29 Å². The average Bonchev–Trinajstić information content (AvgIpc) is 2.74. The standard InChI is InChI=1S/C13H16O2/c1-10-6-7-11(9-14)8-13(10)15-12-4-2-3-5-12/h6-9,12H,2-5H2,1H3. The van der Waals surface area contributed by atoms with E-state index in [-0.39, 0.29) is 0 Å². The van der Waals surface area contributed by atoms with Crippen molar-refractivity contribution in [2.45, 2.75) is 38.7 Å². The molecule has 0 saturated heterocycles. The molecular weight excluding hydrogens is 188 g/mol. The van der Waals surface area contributed by atoms with Gasteiger partial charge in [0, 0.05) is 5.56 Å². The Morgan fingerprint density at radius 2 is 2.07 bits per heavy atom. The van der Waals surface area contributed by atoms with Crippen molar-refractivity contribution < 1.29 is 9.53 Å². The van der Waals surface area contributed by atoms with Gasteiger partial charge in [0.1, 0.15) is 12.0 Å². The molecule has 2 heteroatoms. The van der Waals surface area contributed by atoms with Crippen molar-refractivity contribution in [3.8, 4) is 5.75 Å². The van der Waals surface area contributed by atoms with Gasteiger partial charge in [0.25, 0.3) is 0 Å². The summed E-state index contributed by atoms with van der Waals surface area (Å²) in [4.78, 5) is 10.7. The first kappa shape index (κ1) is 10.2. The maximum atomic E-state index is 10.7. The Hall–Kier alpha value is -1.31. The van der Waals surface area contributed by atoms with Gasteiger partial charge >= 0.3 is 0 Å². The van der Waals surface area contributed by atoms with Crippen LogP contribution < -0.4 is 4.74 Å². The van der Waals surface area contributed by atoms with Gasteiger partial charge in [0.05, 0.1) is 6.10 Å². The molecule has 0 aromatic heterocycles. The summed E-state index contributed by atoms with van der Waals surface area (Å²) in [5.74, 6) is 0.867. The fourth-order valence-electron chi connectivity index (χ4n) is 2.00. The molecule has 0 amide bonds. The summed E-state index contributed by atoms with van der Waals surface area (Å²) >= 11 is 0. The minimum absolute atomic E-state index is 0.352. The van der Waals surface area contributed by atoms with Crippen LogP contribution in [0.2, 0.25) is 0 Å². The van der Waals surface area contributed by atoms with Crippen LogP contribution in [0.15, 0.2) is 18.2 Å². The minimum atomic E-state index is 0.352. The lowest BCUT2D eigenvalue weighted by molar-refractivity contribution is 0.112. The number of carbonyl (C=O) groups excluding carboxylic acids is 1. The molecule has 1 saturated carbocycles. The number of carbonyl (C=O) groups is 1. The quantitative estimate of drug-likeness (QED) is 0.707. The summed E-state index contributed by atoms with van der Waals surface area (Å²) in [6.07, 6.45) is 6.02. The lowest BCUT2D eigenvalue weighted by Gasteiger charge is -2.15. The third kappa shape index (κ3) is 2.38. The van der Waals surface area contributed by atoms with Crippen LogP contribution in [0, 0.1) is 6.92 Å². The van der Waals surface area contributed by atoms with Gasteiger partial charge in [-0.25, -0.2) is 0 Å². The molecule has 0 N–H and O–H groups in total. The summed E-state index contributed by atoms with van der Waals surface area (Å²) in [5.41, 5.74) is 1.79. The average molecular weight is 204 g/mol. The largest absolute Gasteiger partial charge is 0.490 e. The molecule has 1 aromatic carbocycles. The zero-order chi connectivity index (χ0) is 10.7. The van der Waals surface area contributed by atoms with Crippen molar-refractivity contribution in [3.05, 3.63) is 29.3 Å². The molecule has 0 atom stereocenters. The van der Waals surface area contributed by atoms with E-state index in [1.807, 2.05) is 25.1 Å². The second-order valence-corrected chi connectivity index (χ2v) is 4.17. The summed E-state index contributed by atoms with van der Waals surface area (Å²) in [6.45, 7) is 2.01. The monoisotopic (exact) mass is 204 g/mol.